The van der Waals surface area contributed by atoms with E-state index in [0.29, 0.717) is 0 Å². The van der Waals surface area contributed by atoms with E-state index >= 15 is 0 Å². The number of anilines is 1. The molecule has 1 rings (SSSR count). The number of halogens is 1. The van der Waals surface area contributed by atoms with Crippen molar-refractivity contribution in [3.05, 3.63) is 29.6 Å². The molecule has 0 aliphatic rings. The lowest BCUT2D eigenvalue weighted by atomic mass is 10.1. The van der Waals surface area contributed by atoms with Crippen molar-refractivity contribution in [2.75, 3.05) is 5.73 Å². The summed E-state index contributed by atoms with van der Waals surface area (Å²) in [5, 5.41) is 0. The van der Waals surface area contributed by atoms with E-state index in [4.69, 9.17) is 10.5 Å². The SMILES string of the molecule is CC(C)C(C)OC(=O)c1cc(N)cc(F)c1. The van der Waals surface area contributed by atoms with Crippen LogP contribution in [0, 0.1) is 11.7 Å². The largest absolute Gasteiger partial charge is 0.459 e. The predicted molar refractivity (Wildman–Crippen MR) is 60.5 cm³/mol. The summed E-state index contributed by atoms with van der Waals surface area (Å²) in [6, 6.07) is 3.67. The molecule has 0 spiro atoms. The standard InChI is InChI=1S/C12H16FNO2/c1-7(2)8(3)16-12(15)9-4-10(13)6-11(14)5-9/h4-8H,14H2,1-3H3. The molecule has 0 radical (unpaired) electrons. The monoisotopic (exact) mass is 225 g/mol. The molecular weight excluding hydrogens is 209 g/mol. The van der Waals surface area contributed by atoms with Gasteiger partial charge in [-0.25, -0.2) is 9.18 Å². The van der Waals surface area contributed by atoms with Gasteiger partial charge in [0.1, 0.15) is 11.9 Å². The molecular formula is C12H16FNO2. The van der Waals surface area contributed by atoms with Crippen LogP contribution in [-0.2, 0) is 4.74 Å². The van der Waals surface area contributed by atoms with E-state index in [-0.39, 0.29) is 23.3 Å². The van der Waals surface area contributed by atoms with Crippen molar-refractivity contribution in [3.8, 4) is 0 Å². The molecule has 16 heavy (non-hydrogen) atoms. The van der Waals surface area contributed by atoms with Crippen molar-refractivity contribution >= 4 is 11.7 Å². The molecule has 2 N–H and O–H groups in total. The predicted octanol–water partition coefficient (Wildman–Crippen LogP) is 2.61. The maximum atomic E-state index is 13.0. The van der Waals surface area contributed by atoms with E-state index in [1.54, 1.807) is 6.92 Å². The zero-order valence-corrected chi connectivity index (χ0v) is 9.66. The lowest BCUT2D eigenvalue weighted by molar-refractivity contribution is 0.0237. The third-order valence-corrected chi connectivity index (χ3v) is 2.39. The van der Waals surface area contributed by atoms with Gasteiger partial charge in [0.2, 0.25) is 0 Å². The Morgan fingerprint density at radius 1 is 1.31 bits per heavy atom. The fourth-order valence-electron chi connectivity index (χ4n) is 1.10. The Hall–Kier alpha value is -1.58. The molecule has 88 valence electrons. The van der Waals surface area contributed by atoms with Crippen LogP contribution in [0.25, 0.3) is 0 Å². The summed E-state index contributed by atoms with van der Waals surface area (Å²) in [6.07, 6.45) is -0.211. The van der Waals surface area contributed by atoms with Crippen LogP contribution in [0.3, 0.4) is 0 Å². The minimum atomic E-state index is -0.549. The fraction of sp³-hybridized carbons (Fsp3) is 0.417. The van der Waals surface area contributed by atoms with E-state index in [1.807, 2.05) is 13.8 Å². The second kappa shape index (κ2) is 4.96. The molecule has 4 heteroatoms. The summed E-state index contributed by atoms with van der Waals surface area (Å²) >= 11 is 0. The van der Waals surface area contributed by atoms with Crippen LogP contribution < -0.4 is 5.73 Å². The first-order valence-corrected chi connectivity index (χ1v) is 5.17. The van der Waals surface area contributed by atoms with Crippen molar-refractivity contribution in [1.82, 2.24) is 0 Å². The van der Waals surface area contributed by atoms with Gasteiger partial charge in [0.25, 0.3) is 0 Å². The van der Waals surface area contributed by atoms with Gasteiger partial charge >= 0.3 is 5.97 Å². The number of carbonyl (C=O) groups excluding carboxylic acids is 1. The molecule has 0 aliphatic heterocycles. The minimum absolute atomic E-state index is 0.144. The summed E-state index contributed by atoms with van der Waals surface area (Å²) in [4.78, 5) is 11.6. The highest BCUT2D eigenvalue weighted by atomic mass is 19.1. The van der Waals surface area contributed by atoms with Gasteiger partial charge < -0.3 is 10.5 Å². The quantitative estimate of drug-likeness (QED) is 0.635. The van der Waals surface area contributed by atoms with Crippen LogP contribution in [0.15, 0.2) is 18.2 Å². The van der Waals surface area contributed by atoms with Gasteiger partial charge in [0.15, 0.2) is 0 Å². The number of nitrogen functional groups attached to an aromatic ring is 1. The van der Waals surface area contributed by atoms with Gasteiger partial charge in [0.05, 0.1) is 5.56 Å². The molecule has 1 atom stereocenters. The molecule has 0 heterocycles. The lowest BCUT2D eigenvalue weighted by Gasteiger charge is -2.16. The Morgan fingerprint density at radius 2 is 1.94 bits per heavy atom. The average molecular weight is 225 g/mol. The van der Waals surface area contributed by atoms with Gasteiger partial charge in [-0.3, -0.25) is 0 Å². The van der Waals surface area contributed by atoms with E-state index in [2.05, 4.69) is 0 Å². The van der Waals surface area contributed by atoms with Gasteiger partial charge in [-0.2, -0.15) is 0 Å². The highest BCUT2D eigenvalue weighted by Gasteiger charge is 2.15. The van der Waals surface area contributed by atoms with Gasteiger partial charge in [0, 0.05) is 5.69 Å². The maximum absolute atomic E-state index is 13.0. The highest BCUT2D eigenvalue weighted by molar-refractivity contribution is 5.90. The zero-order valence-electron chi connectivity index (χ0n) is 9.66. The Labute approximate surface area is 94.4 Å². The van der Waals surface area contributed by atoms with Gasteiger partial charge in [-0.1, -0.05) is 13.8 Å². The van der Waals surface area contributed by atoms with E-state index in [0.717, 1.165) is 12.1 Å². The smallest absolute Gasteiger partial charge is 0.338 e. The Balaban J connectivity index is 2.80. The molecule has 1 aromatic carbocycles. The van der Waals surface area contributed by atoms with Crippen LogP contribution in [0.4, 0.5) is 10.1 Å². The topological polar surface area (TPSA) is 52.3 Å². The molecule has 3 nitrogen and oxygen atoms in total. The molecule has 0 amide bonds. The summed E-state index contributed by atoms with van der Waals surface area (Å²) in [5.74, 6) is -0.869. The van der Waals surface area contributed by atoms with Crippen molar-refractivity contribution in [2.45, 2.75) is 26.9 Å². The number of carbonyl (C=O) groups is 1. The molecule has 0 bridgehead atoms. The van der Waals surface area contributed by atoms with Crippen LogP contribution in [0.5, 0.6) is 0 Å². The Kier molecular flexibility index (Phi) is 3.88. The van der Waals surface area contributed by atoms with Crippen molar-refractivity contribution < 1.29 is 13.9 Å². The molecule has 0 saturated carbocycles. The van der Waals surface area contributed by atoms with E-state index in [9.17, 15) is 9.18 Å². The number of hydrogen-bond acceptors (Lipinski definition) is 3. The summed E-state index contributed by atoms with van der Waals surface area (Å²) < 4.78 is 18.1. The summed E-state index contributed by atoms with van der Waals surface area (Å²) in [6.45, 7) is 5.68. The van der Waals surface area contributed by atoms with Crippen molar-refractivity contribution in [1.29, 1.82) is 0 Å². The molecule has 1 aromatic rings. The molecule has 1 unspecified atom stereocenters. The first kappa shape index (κ1) is 12.5. The second-order valence-corrected chi connectivity index (χ2v) is 4.13. The van der Waals surface area contributed by atoms with Crippen LogP contribution in [0.1, 0.15) is 31.1 Å². The lowest BCUT2D eigenvalue weighted by Crippen LogP contribution is -2.20. The van der Waals surface area contributed by atoms with Crippen LogP contribution >= 0.6 is 0 Å². The maximum Gasteiger partial charge on any atom is 0.338 e. The number of ether oxygens (including phenoxy) is 1. The normalized spacial score (nSPS) is 12.6. The minimum Gasteiger partial charge on any atom is -0.459 e. The third-order valence-electron chi connectivity index (χ3n) is 2.39. The Bertz CT molecular complexity index is 370. The van der Waals surface area contributed by atoms with Crippen molar-refractivity contribution in [3.63, 3.8) is 0 Å². The number of esters is 1. The summed E-state index contributed by atoms with van der Waals surface area (Å²) in [5.41, 5.74) is 5.80. The molecule has 0 aliphatic carbocycles. The fourth-order valence-corrected chi connectivity index (χ4v) is 1.10. The van der Waals surface area contributed by atoms with Gasteiger partial charge in [-0.05, 0) is 31.0 Å². The number of rotatable bonds is 3. The van der Waals surface area contributed by atoms with Crippen LogP contribution in [-0.4, -0.2) is 12.1 Å². The summed E-state index contributed by atoms with van der Waals surface area (Å²) in [7, 11) is 0. The molecule has 0 fully saturated rings. The van der Waals surface area contributed by atoms with Crippen LogP contribution in [0.2, 0.25) is 0 Å². The first-order chi connectivity index (χ1) is 7.40. The number of benzene rings is 1. The van der Waals surface area contributed by atoms with E-state index in [1.165, 1.54) is 6.07 Å². The Morgan fingerprint density at radius 3 is 2.44 bits per heavy atom. The molecule has 0 saturated heterocycles. The third kappa shape index (κ3) is 3.22. The number of hydrogen-bond donors (Lipinski definition) is 1. The first-order valence-electron chi connectivity index (χ1n) is 5.17. The zero-order chi connectivity index (χ0) is 12.3. The van der Waals surface area contributed by atoms with Gasteiger partial charge in [-0.15, -0.1) is 0 Å². The average Bonchev–Trinajstić information content (AvgIpc) is 2.15. The van der Waals surface area contributed by atoms with E-state index < -0.39 is 11.8 Å². The molecule has 0 aromatic heterocycles. The highest BCUT2D eigenvalue weighted by Crippen LogP contribution is 2.14. The van der Waals surface area contributed by atoms with Crippen molar-refractivity contribution in [2.24, 2.45) is 5.92 Å². The second-order valence-electron chi connectivity index (χ2n) is 4.13. The number of nitrogens with two attached hydrogens (primary N) is 1.